The van der Waals surface area contributed by atoms with Crippen molar-refractivity contribution in [2.24, 2.45) is 0 Å². The first kappa shape index (κ1) is 19.2. The van der Waals surface area contributed by atoms with E-state index in [1.807, 2.05) is 43.5 Å². The standard InChI is InChI=1S/C19H23BrN2O3/c1-6-22-13(5)16(12(4)17(22)19(24)25-7-2)18(23)21-14-8-9-15(20)11(3)10-14/h8-10H,6-7H2,1-5H3,(H,21,23). The van der Waals surface area contributed by atoms with Crippen LogP contribution >= 0.6 is 15.9 Å². The predicted octanol–water partition coefficient (Wildman–Crippen LogP) is 4.62. The van der Waals surface area contributed by atoms with Gasteiger partial charge in [-0.1, -0.05) is 15.9 Å². The molecule has 1 aromatic carbocycles. The third-order valence-electron chi connectivity index (χ3n) is 4.19. The molecule has 0 aliphatic heterocycles. The first-order valence-corrected chi connectivity index (χ1v) is 9.05. The Balaban J connectivity index is 2.42. The van der Waals surface area contributed by atoms with Crippen molar-refractivity contribution in [1.82, 2.24) is 4.57 Å². The minimum atomic E-state index is -0.400. The van der Waals surface area contributed by atoms with Gasteiger partial charge in [0.05, 0.1) is 12.2 Å². The Bertz CT molecular complexity index is 825. The van der Waals surface area contributed by atoms with Crippen molar-refractivity contribution in [1.29, 1.82) is 0 Å². The van der Waals surface area contributed by atoms with E-state index in [1.165, 1.54) is 0 Å². The molecule has 1 N–H and O–H groups in total. The van der Waals surface area contributed by atoms with Gasteiger partial charge in [-0.15, -0.1) is 0 Å². The molecule has 0 bridgehead atoms. The highest BCUT2D eigenvalue weighted by Gasteiger charge is 2.26. The van der Waals surface area contributed by atoms with E-state index >= 15 is 0 Å². The van der Waals surface area contributed by atoms with E-state index in [0.29, 0.717) is 35.7 Å². The van der Waals surface area contributed by atoms with Gasteiger partial charge in [-0.25, -0.2) is 4.79 Å². The van der Waals surface area contributed by atoms with Crippen molar-refractivity contribution in [3.63, 3.8) is 0 Å². The summed E-state index contributed by atoms with van der Waals surface area (Å²) in [6.07, 6.45) is 0. The van der Waals surface area contributed by atoms with Crippen LogP contribution in [0, 0.1) is 20.8 Å². The fourth-order valence-corrected chi connectivity index (χ4v) is 3.25. The van der Waals surface area contributed by atoms with Crippen LogP contribution in [0.2, 0.25) is 0 Å². The number of aromatic nitrogens is 1. The summed E-state index contributed by atoms with van der Waals surface area (Å²) in [6, 6.07) is 5.63. The number of nitrogens with one attached hydrogen (secondary N) is 1. The molecule has 0 fully saturated rings. The zero-order chi connectivity index (χ0) is 18.7. The van der Waals surface area contributed by atoms with Gasteiger partial charge in [-0.2, -0.15) is 0 Å². The second-order valence-electron chi connectivity index (χ2n) is 5.82. The van der Waals surface area contributed by atoms with Crippen molar-refractivity contribution in [3.05, 3.63) is 50.8 Å². The summed E-state index contributed by atoms with van der Waals surface area (Å²) in [5, 5.41) is 2.92. The second kappa shape index (κ2) is 7.87. The number of ether oxygens (including phenoxy) is 1. The van der Waals surface area contributed by atoms with E-state index < -0.39 is 5.97 Å². The van der Waals surface area contributed by atoms with Crippen molar-refractivity contribution < 1.29 is 14.3 Å². The van der Waals surface area contributed by atoms with Crippen LogP contribution in [-0.4, -0.2) is 23.1 Å². The molecule has 25 heavy (non-hydrogen) atoms. The molecule has 0 spiro atoms. The Hall–Kier alpha value is -2.08. The number of hydrogen-bond acceptors (Lipinski definition) is 3. The Labute approximate surface area is 156 Å². The molecule has 1 amide bonds. The molecule has 1 aromatic heterocycles. The molecule has 0 unspecified atom stereocenters. The third kappa shape index (κ3) is 3.79. The third-order valence-corrected chi connectivity index (χ3v) is 5.08. The summed E-state index contributed by atoms with van der Waals surface area (Å²) in [5.74, 6) is -0.627. The average Bonchev–Trinajstić information content (AvgIpc) is 2.81. The zero-order valence-corrected chi connectivity index (χ0v) is 16.8. The van der Waals surface area contributed by atoms with Gasteiger partial charge in [0, 0.05) is 22.4 Å². The quantitative estimate of drug-likeness (QED) is 0.736. The van der Waals surface area contributed by atoms with Crippen LogP contribution in [0.25, 0.3) is 0 Å². The highest BCUT2D eigenvalue weighted by atomic mass is 79.9. The smallest absolute Gasteiger partial charge is 0.355 e. The summed E-state index contributed by atoms with van der Waals surface area (Å²) >= 11 is 3.45. The molecule has 0 saturated heterocycles. The van der Waals surface area contributed by atoms with Gasteiger partial charge in [0.25, 0.3) is 5.91 Å². The molecule has 0 saturated carbocycles. The summed E-state index contributed by atoms with van der Waals surface area (Å²) in [4.78, 5) is 25.1. The number of aryl methyl sites for hydroxylation is 1. The summed E-state index contributed by atoms with van der Waals surface area (Å²) in [5.41, 5.74) is 4.11. The van der Waals surface area contributed by atoms with Gasteiger partial charge < -0.3 is 14.6 Å². The molecule has 1 heterocycles. The Kier molecular flexibility index (Phi) is 6.06. The number of hydrogen-bond donors (Lipinski definition) is 1. The Morgan fingerprint density at radius 2 is 1.88 bits per heavy atom. The molecule has 5 nitrogen and oxygen atoms in total. The van der Waals surface area contributed by atoms with Gasteiger partial charge in [0.2, 0.25) is 0 Å². The number of carbonyl (C=O) groups is 2. The minimum Gasteiger partial charge on any atom is -0.461 e. The number of halogens is 1. The van der Waals surface area contributed by atoms with Crippen LogP contribution in [-0.2, 0) is 11.3 Å². The van der Waals surface area contributed by atoms with Gasteiger partial charge >= 0.3 is 5.97 Å². The van der Waals surface area contributed by atoms with Crippen LogP contribution in [0.1, 0.15) is 51.5 Å². The number of amides is 1. The summed E-state index contributed by atoms with van der Waals surface area (Å²) < 4.78 is 7.96. The van der Waals surface area contributed by atoms with E-state index in [-0.39, 0.29) is 5.91 Å². The van der Waals surface area contributed by atoms with E-state index in [9.17, 15) is 9.59 Å². The fourth-order valence-electron chi connectivity index (χ4n) is 3.00. The molecular formula is C19H23BrN2O3. The van der Waals surface area contributed by atoms with Crippen LogP contribution in [0.4, 0.5) is 5.69 Å². The molecule has 2 rings (SSSR count). The molecule has 6 heteroatoms. The van der Waals surface area contributed by atoms with E-state index in [4.69, 9.17) is 4.74 Å². The highest BCUT2D eigenvalue weighted by molar-refractivity contribution is 9.10. The zero-order valence-electron chi connectivity index (χ0n) is 15.2. The van der Waals surface area contributed by atoms with Gasteiger partial charge in [-0.05, 0) is 63.9 Å². The first-order valence-electron chi connectivity index (χ1n) is 8.26. The lowest BCUT2D eigenvalue weighted by Gasteiger charge is -2.09. The van der Waals surface area contributed by atoms with Crippen molar-refractivity contribution in [2.45, 2.75) is 41.2 Å². The van der Waals surface area contributed by atoms with Gasteiger partial charge in [0.15, 0.2) is 0 Å². The monoisotopic (exact) mass is 406 g/mol. The van der Waals surface area contributed by atoms with E-state index in [0.717, 1.165) is 15.7 Å². The van der Waals surface area contributed by atoms with Crippen LogP contribution in [0.15, 0.2) is 22.7 Å². The topological polar surface area (TPSA) is 60.3 Å². The van der Waals surface area contributed by atoms with Crippen LogP contribution in [0.5, 0.6) is 0 Å². The summed E-state index contributed by atoms with van der Waals surface area (Å²) in [6.45, 7) is 10.2. The number of esters is 1. The molecule has 2 aromatic rings. The SMILES string of the molecule is CCOC(=O)c1c(C)c(C(=O)Nc2ccc(Br)c(C)c2)c(C)n1CC. The van der Waals surface area contributed by atoms with E-state index in [2.05, 4.69) is 21.2 Å². The Morgan fingerprint density at radius 3 is 2.44 bits per heavy atom. The maximum atomic E-state index is 12.8. The maximum Gasteiger partial charge on any atom is 0.355 e. The van der Waals surface area contributed by atoms with Crippen molar-refractivity contribution >= 4 is 33.5 Å². The maximum absolute atomic E-state index is 12.8. The lowest BCUT2D eigenvalue weighted by Crippen LogP contribution is -2.14. The molecule has 0 radical (unpaired) electrons. The average molecular weight is 407 g/mol. The Morgan fingerprint density at radius 1 is 1.20 bits per heavy atom. The lowest BCUT2D eigenvalue weighted by molar-refractivity contribution is 0.0512. The van der Waals surface area contributed by atoms with Crippen molar-refractivity contribution in [2.75, 3.05) is 11.9 Å². The number of benzene rings is 1. The number of anilines is 1. The number of rotatable bonds is 5. The first-order chi connectivity index (χ1) is 11.8. The molecular weight excluding hydrogens is 384 g/mol. The molecule has 0 atom stereocenters. The largest absolute Gasteiger partial charge is 0.461 e. The van der Waals surface area contributed by atoms with Crippen LogP contribution < -0.4 is 5.32 Å². The second-order valence-corrected chi connectivity index (χ2v) is 6.67. The minimum absolute atomic E-state index is 0.227. The number of nitrogens with zero attached hydrogens (tertiary/aromatic N) is 1. The van der Waals surface area contributed by atoms with Crippen molar-refractivity contribution in [3.8, 4) is 0 Å². The predicted molar refractivity (Wildman–Crippen MR) is 102 cm³/mol. The molecule has 134 valence electrons. The van der Waals surface area contributed by atoms with Gasteiger partial charge in [0.1, 0.15) is 5.69 Å². The highest BCUT2D eigenvalue weighted by Crippen LogP contribution is 2.25. The summed E-state index contributed by atoms with van der Waals surface area (Å²) in [7, 11) is 0. The van der Waals surface area contributed by atoms with Crippen LogP contribution in [0.3, 0.4) is 0 Å². The lowest BCUT2D eigenvalue weighted by atomic mass is 10.1. The normalized spacial score (nSPS) is 10.6. The number of carbonyl (C=O) groups excluding carboxylic acids is 2. The fraction of sp³-hybridized carbons (Fsp3) is 0.368. The van der Waals surface area contributed by atoms with Gasteiger partial charge in [-0.3, -0.25) is 4.79 Å². The molecule has 0 aliphatic rings. The molecule has 0 aliphatic carbocycles. The van der Waals surface area contributed by atoms with E-state index in [1.54, 1.807) is 13.8 Å².